The van der Waals surface area contributed by atoms with Crippen molar-refractivity contribution in [2.24, 2.45) is 5.92 Å². The molecule has 0 spiro atoms. The summed E-state index contributed by atoms with van der Waals surface area (Å²) in [7, 11) is -0.450. The molecule has 240 valence electrons. The third-order valence-corrected chi connectivity index (χ3v) is 9.60. The molecule has 0 radical (unpaired) electrons. The highest BCUT2D eigenvalue weighted by molar-refractivity contribution is 7.92. The summed E-state index contributed by atoms with van der Waals surface area (Å²) < 4.78 is 37.7. The second-order valence-corrected chi connectivity index (χ2v) is 13.8. The largest absolute Gasteiger partial charge is 0.493 e. The molecule has 2 amide bonds. The van der Waals surface area contributed by atoms with Gasteiger partial charge < -0.3 is 24.6 Å². The van der Waals surface area contributed by atoms with Crippen LogP contribution in [0.15, 0.2) is 66.7 Å². The number of hydrogen-bond acceptors (Lipinski definition) is 7. The highest BCUT2D eigenvalue weighted by Crippen LogP contribution is 2.37. The van der Waals surface area contributed by atoms with Gasteiger partial charge in [-0.25, -0.2) is 8.42 Å². The van der Waals surface area contributed by atoms with Gasteiger partial charge in [-0.05, 0) is 66.8 Å². The number of methoxy groups -OCH3 is 2. The molecule has 2 aliphatic rings. The van der Waals surface area contributed by atoms with Gasteiger partial charge in [-0.2, -0.15) is 0 Å². The van der Waals surface area contributed by atoms with Gasteiger partial charge in [0, 0.05) is 49.7 Å². The number of carbonyl (C=O) groups is 2. The van der Waals surface area contributed by atoms with E-state index in [-0.39, 0.29) is 12.3 Å². The molecule has 12 heteroatoms. The molecule has 1 aliphatic carbocycles. The Bertz CT molecular complexity index is 1620. The van der Waals surface area contributed by atoms with Gasteiger partial charge in [-0.3, -0.25) is 13.9 Å². The molecule has 1 unspecified atom stereocenters. The molecule has 45 heavy (non-hydrogen) atoms. The molecule has 0 aromatic heterocycles. The Morgan fingerprint density at radius 1 is 0.956 bits per heavy atom. The Kier molecular flexibility index (Phi) is 10.1. The van der Waals surface area contributed by atoms with E-state index in [0.29, 0.717) is 66.4 Å². The molecule has 3 aromatic rings. The smallest absolute Gasteiger partial charge is 0.252 e. The van der Waals surface area contributed by atoms with Crippen LogP contribution in [0.5, 0.6) is 11.5 Å². The third-order valence-electron chi connectivity index (χ3n) is 8.21. The Morgan fingerprint density at radius 3 is 2.24 bits per heavy atom. The molecule has 1 heterocycles. The van der Waals surface area contributed by atoms with Crippen molar-refractivity contribution in [1.29, 1.82) is 0 Å². The van der Waals surface area contributed by atoms with Gasteiger partial charge in [0.15, 0.2) is 11.5 Å². The predicted molar refractivity (Wildman–Crippen MR) is 176 cm³/mol. The van der Waals surface area contributed by atoms with E-state index in [9.17, 15) is 18.0 Å². The van der Waals surface area contributed by atoms with Gasteiger partial charge in [0.2, 0.25) is 15.9 Å². The molecule has 1 aliphatic heterocycles. The number of ether oxygens (including phenoxy) is 2. The lowest BCUT2D eigenvalue weighted by Crippen LogP contribution is -2.55. The first-order chi connectivity index (χ1) is 21.6. The summed E-state index contributed by atoms with van der Waals surface area (Å²) in [6, 6.07) is 18.8. The van der Waals surface area contributed by atoms with Crippen LogP contribution in [0, 0.1) is 5.92 Å². The molecular formula is C33H39ClN4O6S. The van der Waals surface area contributed by atoms with Crippen molar-refractivity contribution in [3.8, 4) is 11.5 Å². The molecule has 2 fully saturated rings. The van der Waals surface area contributed by atoms with Crippen LogP contribution in [0.2, 0.25) is 5.02 Å². The maximum atomic E-state index is 14.0. The zero-order valence-corrected chi connectivity index (χ0v) is 27.3. The Labute approximate surface area is 269 Å². The van der Waals surface area contributed by atoms with E-state index in [1.54, 1.807) is 35.2 Å². The van der Waals surface area contributed by atoms with Gasteiger partial charge in [0.05, 0.1) is 31.9 Å². The number of carbonyl (C=O) groups excluding carboxylic acids is 2. The molecular weight excluding hydrogens is 616 g/mol. The number of halogens is 1. The minimum Gasteiger partial charge on any atom is -0.493 e. The number of para-hydroxylation sites is 2. The van der Waals surface area contributed by atoms with Crippen molar-refractivity contribution in [2.45, 2.75) is 25.3 Å². The van der Waals surface area contributed by atoms with Crippen LogP contribution in [0.25, 0.3) is 0 Å². The summed E-state index contributed by atoms with van der Waals surface area (Å²) in [6.07, 6.45) is 3.60. The maximum Gasteiger partial charge on any atom is 0.252 e. The van der Waals surface area contributed by atoms with Crippen LogP contribution in [-0.4, -0.2) is 84.4 Å². The van der Waals surface area contributed by atoms with E-state index in [1.807, 2.05) is 36.4 Å². The second-order valence-electron chi connectivity index (χ2n) is 11.5. The van der Waals surface area contributed by atoms with Crippen molar-refractivity contribution in [1.82, 2.24) is 10.2 Å². The zero-order chi connectivity index (χ0) is 32.1. The van der Waals surface area contributed by atoms with E-state index in [2.05, 4.69) is 10.2 Å². The summed E-state index contributed by atoms with van der Waals surface area (Å²) in [5.74, 6) is 0.683. The molecule has 1 saturated heterocycles. The van der Waals surface area contributed by atoms with Crippen LogP contribution >= 0.6 is 11.6 Å². The Balaban J connectivity index is 1.32. The van der Waals surface area contributed by atoms with Crippen LogP contribution in [0.3, 0.4) is 0 Å². The Hall–Kier alpha value is -3.96. The fourth-order valence-electron chi connectivity index (χ4n) is 5.55. The number of piperazine rings is 1. The topological polar surface area (TPSA) is 108 Å². The van der Waals surface area contributed by atoms with Gasteiger partial charge >= 0.3 is 0 Å². The number of nitrogens with one attached hydrogen (secondary N) is 1. The van der Waals surface area contributed by atoms with Crippen LogP contribution in [-0.2, 0) is 21.2 Å². The molecule has 1 atom stereocenters. The average Bonchev–Trinajstić information content (AvgIpc) is 3.87. The minimum absolute atomic E-state index is 0.196. The van der Waals surface area contributed by atoms with Crippen LogP contribution in [0.1, 0.15) is 28.8 Å². The van der Waals surface area contributed by atoms with E-state index >= 15 is 0 Å². The minimum atomic E-state index is -3.47. The lowest BCUT2D eigenvalue weighted by atomic mass is 10.0. The predicted octanol–water partition coefficient (Wildman–Crippen LogP) is 4.22. The van der Waals surface area contributed by atoms with Gasteiger partial charge in [0.25, 0.3) is 5.91 Å². The summed E-state index contributed by atoms with van der Waals surface area (Å²) in [5.41, 5.74) is 2.68. The normalized spacial score (nSPS) is 15.7. The number of nitrogens with zero attached hydrogens (tertiary/aromatic N) is 3. The van der Waals surface area contributed by atoms with E-state index < -0.39 is 22.0 Å². The van der Waals surface area contributed by atoms with Gasteiger partial charge in [-0.1, -0.05) is 35.9 Å². The number of sulfonamides is 1. The van der Waals surface area contributed by atoms with E-state index in [4.69, 9.17) is 21.1 Å². The van der Waals surface area contributed by atoms with Crippen LogP contribution in [0.4, 0.5) is 11.4 Å². The van der Waals surface area contributed by atoms with E-state index in [0.717, 1.165) is 24.1 Å². The van der Waals surface area contributed by atoms with Crippen molar-refractivity contribution >= 4 is 44.8 Å². The SMILES string of the molecule is COc1ccc(C(=O)NC(Cc2ccc(Cl)cc2)C(=O)N2CCN(c3ccccc3N(CC3CC3)S(C)(=O)=O)CC2)cc1OC. The van der Waals surface area contributed by atoms with Crippen molar-refractivity contribution in [2.75, 3.05) is 62.4 Å². The van der Waals surface area contributed by atoms with Crippen LogP contribution < -0.4 is 24.0 Å². The second kappa shape index (κ2) is 14.0. The quantitative estimate of drug-likeness (QED) is 0.312. The molecule has 5 rings (SSSR count). The van der Waals surface area contributed by atoms with Gasteiger partial charge in [0.1, 0.15) is 6.04 Å². The lowest BCUT2D eigenvalue weighted by Gasteiger charge is -2.39. The molecule has 1 N–H and O–H groups in total. The molecule has 3 aromatic carbocycles. The highest BCUT2D eigenvalue weighted by Gasteiger charge is 2.33. The average molecular weight is 655 g/mol. The summed E-state index contributed by atoms with van der Waals surface area (Å²) in [4.78, 5) is 31.2. The summed E-state index contributed by atoms with van der Waals surface area (Å²) in [6.45, 7) is 2.33. The zero-order valence-electron chi connectivity index (χ0n) is 25.7. The van der Waals surface area contributed by atoms with Crippen molar-refractivity contribution in [3.05, 3.63) is 82.9 Å². The monoisotopic (exact) mass is 654 g/mol. The Morgan fingerprint density at radius 2 is 1.62 bits per heavy atom. The number of benzene rings is 3. The number of rotatable bonds is 12. The molecule has 10 nitrogen and oxygen atoms in total. The highest BCUT2D eigenvalue weighted by atomic mass is 35.5. The first kappa shape index (κ1) is 32.4. The fraction of sp³-hybridized carbons (Fsp3) is 0.394. The summed E-state index contributed by atoms with van der Waals surface area (Å²) in [5, 5.41) is 3.53. The van der Waals surface area contributed by atoms with Crippen molar-refractivity contribution < 1.29 is 27.5 Å². The first-order valence-electron chi connectivity index (χ1n) is 14.9. The van der Waals surface area contributed by atoms with E-state index in [1.165, 1.54) is 24.8 Å². The fourth-order valence-corrected chi connectivity index (χ4v) is 6.67. The molecule has 1 saturated carbocycles. The number of amides is 2. The third kappa shape index (κ3) is 8.01. The molecule has 0 bridgehead atoms. The van der Waals surface area contributed by atoms with Crippen molar-refractivity contribution in [3.63, 3.8) is 0 Å². The first-order valence-corrected chi connectivity index (χ1v) is 17.2. The number of anilines is 2. The lowest BCUT2D eigenvalue weighted by molar-refractivity contribution is -0.133. The van der Waals surface area contributed by atoms with Gasteiger partial charge in [-0.15, -0.1) is 0 Å². The maximum absolute atomic E-state index is 14.0. The standard InChI is InChI=1S/C33H39ClN4O6S/c1-43-30-15-12-25(21-31(30)44-2)32(39)35-27(20-23-10-13-26(34)14-11-23)33(40)37-18-16-36(17-19-37)28-6-4-5-7-29(28)38(45(3,41)42)22-24-8-9-24/h4-7,10-15,21,24,27H,8-9,16-20,22H2,1-3H3,(H,35,39). The number of hydrogen-bond donors (Lipinski definition) is 1. The summed E-state index contributed by atoms with van der Waals surface area (Å²) >= 11 is 6.09.